The van der Waals surface area contributed by atoms with E-state index >= 15 is 0 Å². The van der Waals surface area contributed by atoms with E-state index in [0.29, 0.717) is 22.6 Å². The summed E-state index contributed by atoms with van der Waals surface area (Å²) in [5.74, 6) is 1.33. The summed E-state index contributed by atoms with van der Waals surface area (Å²) in [7, 11) is 1.57. The first-order valence-corrected chi connectivity index (χ1v) is 6.02. The molecule has 0 aromatic heterocycles. The number of ether oxygens (including phenoxy) is 2. The van der Waals surface area contributed by atoms with Crippen molar-refractivity contribution in [2.24, 2.45) is 0 Å². The van der Waals surface area contributed by atoms with Crippen LogP contribution in [-0.4, -0.2) is 13.4 Å². The highest BCUT2D eigenvalue weighted by molar-refractivity contribution is 5.75. The number of aldehydes is 1. The van der Waals surface area contributed by atoms with Crippen molar-refractivity contribution < 1.29 is 14.3 Å². The second kappa shape index (κ2) is 6.39. The fourth-order valence-corrected chi connectivity index (χ4v) is 1.77. The first-order chi connectivity index (χ1) is 9.76. The molecule has 0 spiro atoms. The van der Waals surface area contributed by atoms with E-state index in [9.17, 15) is 4.79 Å². The predicted octanol–water partition coefficient (Wildman–Crippen LogP) is 2.96. The molecule has 0 aliphatic carbocycles. The predicted molar refractivity (Wildman–Crippen MR) is 73.9 cm³/mol. The smallest absolute Gasteiger partial charge is 0.150 e. The highest BCUT2D eigenvalue weighted by Crippen LogP contribution is 2.22. The van der Waals surface area contributed by atoms with Crippen LogP contribution in [0.15, 0.2) is 42.5 Å². The molecule has 0 fully saturated rings. The molecule has 2 aromatic rings. The number of rotatable bonds is 5. The zero-order valence-corrected chi connectivity index (χ0v) is 11.0. The van der Waals surface area contributed by atoms with Crippen LogP contribution in [0.5, 0.6) is 11.5 Å². The first kappa shape index (κ1) is 13.6. The number of carbonyl (C=O) groups excluding carboxylic acids is 1. The number of hydrogen-bond donors (Lipinski definition) is 0. The lowest BCUT2D eigenvalue weighted by atomic mass is 10.1. The third-order valence-electron chi connectivity index (χ3n) is 2.82. The van der Waals surface area contributed by atoms with Gasteiger partial charge in [0.15, 0.2) is 0 Å². The quantitative estimate of drug-likeness (QED) is 0.781. The van der Waals surface area contributed by atoms with Crippen molar-refractivity contribution in [3.05, 3.63) is 59.2 Å². The Hall–Kier alpha value is -2.80. The number of nitriles is 1. The van der Waals surface area contributed by atoms with Crippen LogP contribution in [0.3, 0.4) is 0 Å². The number of benzene rings is 2. The highest BCUT2D eigenvalue weighted by atomic mass is 16.5. The van der Waals surface area contributed by atoms with E-state index in [1.807, 2.05) is 6.07 Å². The van der Waals surface area contributed by atoms with Gasteiger partial charge in [-0.2, -0.15) is 5.26 Å². The zero-order chi connectivity index (χ0) is 14.4. The van der Waals surface area contributed by atoms with Crippen LogP contribution < -0.4 is 9.47 Å². The van der Waals surface area contributed by atoms with Crippen molar-refractivity contribution in [1.82, 2.24) is 0 Å². The average Bonchev–Trinajstić information content (AvgIpc) is 2.53. The Bertz CT molecular complexity index is 642. The molecule has 20 heavy (non-hydrogen) atoms. The molecule has 4 nitrogen and oxygen atoms in total. The molecule has 0 bridgehead atoms. The van der Waals surface area contributed by atoms with Gasteiger partial charge in [0.1, 0.15) is 24.4 Å². The van der Waals surface area contributed by atoms with Gasteiger partial charge in [-0.05, 0) is 42.5 Å². The fraction of sp³-hybridized carbons (Fsp3) is 0.125. The molecule has 0 aliphatic heterocycles. The van der Waals surface area contributed by atoms with Gasteiger partial charge in [-0.1, -0.05) is 0 Å². The zero-order valence-electron chi connectivity index (χ0n) is 11.0. The van der Waals surface area contributed by atoms with Crippen molar-refractivity contribution >= 4 is 6.29 Å². The van der Waals surface area contributed by atoms with Crippen molar-refractivity contribution in [2.45, 2.75) is 6.61 Å². The summed E-state index contributed by atoms with van der Waals surface area (Å²) in [6.45, 7) is 0.288. The topological polar surface area (TPSA) is 59.3 Å². The van der Waals surface area contributed by atoms with E-state index in [4.69, 9.17) is 14.7 Å². The second-order valence-corrected chi connectivity index (χ2v) is 4.11. The fourth-order valence-electron chi connectivity index (χ4n) is 1.77. The van der Waals surface area contributed by atoms with Gasteiger partial charge in [0.05, 0.1) is 18.7 Å². The van der Waals surface area contributed by atoms with Crippen molar-refractivity contribution in [1.29, 1.82) is 5.26 Å². The Morgan fingerprint density at radius 2 is 1.95 bits per heavy atom. The molecule has 0 aliphatic rings. The number of nitrogens with zero attached hydrogens (tertiary/aromatic N) is 1. The van der Waals surface area contributed by atoms with Crippen molar-refractivity contribution in [3.8, 4) is 17.6 Å². The summed E-state index contributed by atoms with van der Waals surface area (Å²) >= 11 is 0. The van der Waals surface area contributed by atoms with E-state index < -0.39 is 0 Å². The SMILES string of the molecule is COc1ccc(C=O)cc1COc1ccc(C#N)cc1. The molecule has 2 aromatic carbocycles. The number of methoxy groups -OCH3 is 1. The van der Waals surface area contributed by atoms with Gasteiger partial charge in [0.25, 0.3) is 0 Å². The van der Waals surface area contributed by atoms with Gasteiger partial charge in [0, 0.05) is 11.1 Å². The molecule has 0 radical (unpaired) electrons. The first-order valence-electron chi connectivity index (χ1n) is 6.02. The minimum Gasteiger partial charge on any atom is -0.496 e. The van der Waals surface area contributed by atoms with Crippen LogP contribution >= 0.6 is 0 Å². The minimum absolute atomic E-state index is 0.288. The van der Waals surface area contributed by atoms with Crippen LogP contribution in [0.4, 0.5) is 0 Å². The molecule has 4 heteroatoms. The summed E-state index contributed by atoms with van der Waals surface area (Å²) in [5, 5.41) is 8.72. The van der Waals surface area contributed by atoms with Crippen LogP contribution in [-0.2, 0) is 6.61 Å². The third-order valence-corrected chi connectivity index (χ3v) is 2.82. The minimum atomic E-state index is 0.288. The average molecular weight is 267 g/mol. The van der Waals surface area contributed by atoms with E-state index in [1.165, 1.54) is 0 Å². The maximum absolute atomic E-state index is 10.8. The molecule has 0 N–H and O–H groups in total. The molecule has 2 rings (SSSR count). The van der Waals surface area contributed by atoms with Gasteiger partial charge in [-0.25, -0.2) is 0 Å². The molecular weight excluding hydrogens is 254 g/mol. The monoisotopic (exact) mass is 267 g/mol. The van der Waals surface area contributed by atoms with Crippen LogP contribution in [0, 0.1) is 11.3 Å². The molecule has 0 heterocycles. The maximum atomic E-state index is 10.8. The standard InChI is InChI=1S/C16H13NO3/c1-19-16-7-4-13(10-18)8-14(16)11-20-15-5-2-12(9-17)3-6-15/h2-8,10H,11H2,1H3. The molecule has 0 saturated heterocycles. The van der Waals surface area contributed by atoms with Crippen LogP contribution in [0.2, 0.25) is 0 Å². The summed E-state index contributed by atoms with van der Waals surface area (Å²) in [6.07, 6.45) is 0.782. The molecule has 0 unspecified atom stereocenters. The van der Waals surface area contributed by atoms with Gasteiger partial charge < -0.3 is 9.47 Å². The number of hydrogen-bond acceptors (Lipinski definition) is 4. The lowest BCUT2D eigenvalue weighted by molar-refractivity contribution is 0.112. The highest BCUT2D eigenvalue weighted by Gasteiger charge is 2.05. The lowest BCUT2D eigenvalue weighted by Crippen LogP contribution is -2.00. The van der Waals surface area contributed by atoms with Gasteiger partial charge in [0.2, 0.25) is 0 Å². The van der Waals surface area contributed by atoms with Gasteiger partial charge in [-0.15, -0.1) is 0 Å². The van der Waals surface area contributed by atoms with E-state index in [-0.39, 0.29) is 6.61 Å². The molecule has 0 saturated carbocycles. The van der Waals surface area contributed by atoms with E-state index in [0.717, 1.165) is 11.8 Å². The summed E-state index contributed by atoms with van der Waals surface area (Å²) in [6, 6.07) is 14.0. The van der Waals surface area contributed by atoms with Crippen LogP contribution in [0.1, 0.15) is 21.5 Å². The van der Waals surface area contributed by atoms with Crippen molar-refractivity contribution in [2.75, 3.05) is 7.11 Å². The van der Waals surface area contributed by atoms with E-state index in [1.54, 1.807) is 49.6 Å². The Kier molecular flexibility index (Phi) is 4.35. The Morgan fingerprint density at radius 3 is 2.55 bits per heavy atom. The molecule has 100 valence electrons. The Morgan fingerprint density at radius 1 is 1.20 bits per heavy atom. The van der Waals surface area contributed by atoms with Crippen molar-refractivity contribution in [3.63, 3.8) is 0 Å². The van der Waals surface area contributed by atoms with E-state index in [2.05, 4.69) is 0 Å². The van der Waals surface area contributed by atoms with Gasteiger partial charge >= 0.3 is 0 Å². The Labute approximate surface area is 117 Å². The molecule has 0 atom stereocenters. The summed E-state index contributed by atoms with van der Waals surface area (Å²) < 4.78 is 10.9. The lowest BCUT2D eigenvalue weighted by Gasteiger charge is -2.10. The summed E-state index contributed by atoms with van der Waals surface area (Å²) in [4.78, 5) is 10.8. The second-order valence-electron chi connectivity index (χ2n) is 4.11. The maximum Gasteiger partial charge on any atom is 0.150 e. The normalized spacial score (nSPS) is 9.60. The Balaban J connectivity index is 2.13. The molecule has 0 amide bonds. The van der Waals surface area contributed by atoms with Crippen LogP contribution in [0.25, 0.3) is 0 Å². The summed E-state index contributed by atoms with van der Waals surface area (Å²) in [5.41, 5.74) is 1.95. The third kappa shape index (κ3) is 3.15. The largest absolute Gasteiger partial charge is 0.496 e. The van der Waals surface area contributed by atoms with Gasteiger partial charge in [-0.3, -0.25) is 4.79 Å². The number of carbonyl (C=O) groups is 1. The molecular formula is C16H13NO3.